The van der Waals surface area contributed by atoms with Crippen LogP contribution in [0.1, 0.15) is 33.1 Å². The number of carbonyl (C=O) groups excluding carboxylic acids is 1. The number of hydrogen-bond donors (Lipinski definition) is 2. The molecule has 3 atom stereocenters. The van der Waals surface area contributed by atoms with Crippen LogP contribution in [0.2, 0.25) is 0 Å². The molecule has 0 spiro atoms. The molecular weight excluding hydrogens is 266 g/mol. The molecule has 2 aliphatic rings. The second-order valence-electron chi connectivity index (χ2n) is 5.87. The molecule has 1 amide bonds. The Labute approximate surface area is 115 Å². The summed E-state index contributed by atoms with van der Waals surface area (Å²) in [5, 5.41) is 2.69. The van der Waals surface area contributed by atoms with E-state index in [4.69, 9.17) is 0 Å². The molecule has 3 unspecified atom stereocenters. The Kier molecular flexibility index (Phi) is 4.47. The minimum Gasteiger partial charge on any atom is -0.355 e. The molecule has 2 N–H and O–H groups in total. The number of nitrogens with one attached hydrogen (secondary N) is 2. The smallest absolute Gasteiger partial charge is 0.280 e. The average molecular weight is 289 g/mol. The third kappa shape index (κ3) is 3.67. The maximum absolute atomic E-state index is 12.3. The lowest BCUT2D eigenvalue weighted by Gasteiger charge is -2.35. The molecule has 2 fully saturated rings. The third-order valence-electron chi connectivity index (χ3n) is 3.75. The van der Waals surface area contributed by atoms with Crippen molar-refractivity contribution in [2.24, 2.45) is 11.8 Å². The van der Waals surface area contributed by atoms with Gasteiger partial charge in [-0.1, -0.05) is 13.8 Å². The van der Waals surface area contributed by atoms with Gasteiger partial charge in [-0.15, -0.1) is 0 Å². The highest BCUT2D eigenvalue weighted by Crippen LogP contribution is 2.23. The Morgan fingerprint density at radius 1 is 1.26 bits per heavy atom. The molecular formula is C12H23N3O3S. The van der Waals surface area contributed by atoms with Crippen molar-refractivity contribution in [3.63, 3.8) is 0 Å². The fourth-order valence-electron chi connectivity index (χ4n) is 2.94. The lowest BCUT2D eigenvalue weighted by Crippen LogP contribution is -2.55. The number of rotatable bonds is 3. The summed E-state index contributed by atoms with van der Waals surface area (Å²) in [6.45, 7) is 5.83. The number of carbonyl (C=O) groups is 1. The minimum atomic E-state index is -3.56. The molecule has 2 rings (SSSR count). The summed E-state index contributed by atoms with van der Waals surface area (Å²) in [5.41, 5.74) is 0. The van der Waals surface area contributed by atoms with Crippen molar-refractivity contribution in [2.45, 2.75) is 39.2 Å². The van der Waals surface area contributed by atoms with Crippen LogP contribution in [0.15, 0.2) is 0 Å². The van der Waals surface area contributed by atoms with Gasteiger partial charge >= 0.3 is 0 Å². The molecule has 0 aromatic carbocycles. The molecule has 0 aromatic heterocycles. The van der Waals surface area contributed by atoms with E-state index < -0.39 is 16.3 Å². The summed E-state index contributed by atoms with van der Waals surface area (Å²) in [5.74, 6) is 0.508. The lowest BCUT2D eigenvalue weighted by atomic mass is 9.94. The summed E-state index contributed by atoms with van der Waals surface area (Å²) in [6.07, 6.45) is 2.44. The second kappa shape index (κ2) is 5.76. The van der Waals surface area contributed by atoms with E-state index in [1.54, 1.807) is 0 Å². The van der Waals surface area contributed by atoms with Gasteiger partial charge in [-0.3, -0.25) is 4.79 Å². The Hall–Kier alpha value is -0.660. The quantitative estimate of drug-likeness (QED) is 0.772. The van der Waals surface area contributed by atoms with E-state index in [1.165, 1.54) is 4.31 Å². The first kappa shape index (κ1) is 14.7. The standard InChI is InChI=1S/C12H23N3O3S/c1-9-6-10(2)8-15(7-9)19(17,18)14-11-4-3-5-13-12(11)16/h9-11,14H,3-8H2,1-2H3,(H,13,16). The van der Waals surface area contributed by atoms with Gasteiger partial charge in [0, 0.05) is 19.6 Å². The molecule has 0 aromatic rings. The molecule has 0 aliphatic carbocycles. The molecule has 110 valence electrons. The molecule has 7 heteroatoms. The molecule has 0 bridgehead atoms. The van der Waals surface area contributed by atoms with E-state index in [-0.39, 0.29) is 5.91 Å². The number of amides is 1. The normalized spacial score (nSPS) is 34.0. The van der Waals surface area contributed by atoms with Crippen molar-refractivity contribution < 1.29 is 13.2 Å². The summed E-state index contributed by atoms with van der Waals surface area (Å²) < 4.78 is 28.7. The highest BCUT2D eigenvalue weighted by molar-refractivity contribution is 7.87. The van der Waals surface area contributed by atoms with Crippen LogP contribution >= 0.6 is 0 Å². The Morgan fingerprint density at radius 2 is 1.89 bits per heavy atom. The monoisotopic (exact) mass is 289 g/mol. The summed E-state index contributed by atoms with van der Waals surface area (Å²) in [6, 6.07) is -0.619. The summed E-state index contributed by atoms with van der Waals surface area (Å²) >= 11 is 0. The molecule has 0 saturated carbocycles. The number of nitrogens with zero attached hydrogens (tertiary/aromatic N) is 1. The molecule has 19 heavy (non-hydrogen) atoms. The first-order valence-corrected chi connectivity index (χ1v) is 8.37. The topological polar surface area (TPSA) is 78.5 Å². The van der Waals surface area contributed by atoms with E-state index >= 15 is 0 Å². The van der Waals surface area contributed by atoms with Crippen molar-refractivity contribution in [1.82, 2.24) is 14.3 Å². The number of piperidine rings is 2. The molecule has 0 radical (unpaired) electrons. The van der Waals surface area contributed by atoms with Gasteiger partial charge in [-0.2, -0.15) is 17.4 Å². The van der Waals surface area contributed by atoms with Gasteiger partial charge in [0.2, 0.25) is 5.91 Å². The first-order chi connectivity index (χ1) is 8.88. The van der Waals surface area contributed by atoms with E-state index in [1.807, 2.05) is 0 Å². The zero-order chi connectivity index (χ0) is 14.0. The van der Waals surface area contributed by atoms with Gasteiger partial charge in [0.1, 0.15) is 6.04 Å². The van der Waals surface area contributed by atoms with Gasteiger partial charge < -0.3 is 5.32 Å². The maximum Gasteiger partial charge on any atom is 0.280 e. The Bertz CT molecular complexity index is 428. The van der Waals surface area contributed by atoms with Gasteiger partial charge in [0.15, 0.2) is 0 Å². The van der Waals surface area contributed by atoms with Gasteiger partial charge in [0.25, 0.3) is 10.2 Å². The van der Waals surface area contributed by atoms with E-state index in [2.05, 4.69) is 23.9 Å². The fourth-order valence-corrected chi connectivity index (χ4v) is 4.58. The van der Waals surface area contributed by atoms with Crippen LogP contribution in [0.4, 0.5) is 0 Å². The van der Waals surface area contributed by atoms with E-state index in [0.29, 0.717) is 37.9 Å². The van der Waals surface area contributed by atoms with Crippen LogP contribution in [-0.2, 0) is 15.0 Å². The molecule has 6 nitrogen and oxygen atoms in total. The Balaban J connectivity index is 2.03. The molecule has 2 aliphatic heterocycles. The largest absolute Gasteiger partial charge is 0.355 e. The summed E-state index contributed by atoms with van der Waals surface area (Å²) in [4.78, 5) is 11.6. The van der Waals surface area contributed by atoms with Crippen molar-refractivity contribution >= 4 is 16.1 Å². The van der Waals surface area contributed by atoms with Crippen molar-refractivity contribution in [1.29, 1.82) is 0 Å². The highest BCUT2D eigenvalue weighted by atomic mass is 32.2. The molecule has 2 heterocycles. The number of hydrogen-bond acceptors (Lipinski definition) is 3. The second-order valence-corrected chi connectivity index (χ2v) is 7.57. The SMILES string of the molecule is CC1CC(C)CN(S(=O)(=O)NC2CCCNC2=O)C1. The fraction of sp³-hybridized carbons (Fsp3) is 0.917. The van der Waals surface area contributed by atoms with Crippen molar-refractivity contribution in [3.8, 4) is 0 Å². The van der Waals surface area contributed by atoms with Crippen LogP contribution in [0.5, 0.6) is 0 Å². The average Bonchev–Trinajstić information content (AvgIpc) is 2.31. The van der Waals surface area contributed by atoms with Gasteiger partial charge in [-0.05, 0) is 31.1 Å². The minimum absolute atomic E-state index is 0.215. The zero-order valence-electron chi connectivity index (χ0n) is 11.6. The van der Waals surface area contributed by atoms with Crippen LogP contribution < -0.4 is 10.0 Å². The van der Waals surface area contributed by atoms with Crippen molar-refractivity contribution in [3.05, 3.63) is 0 Å². The lowest BCUT2D eigenvalue weighted by molar-refractivity contribution is -0.124. The van der Waals surface area contributed by atoms with Crippen LogP contribution in [0, 0.1) is 11.8 Å². The summed E-state index contributed by atoms with van der Waals surface area (Å²) in [7, 11) is -3.56. The zero-order valence-corrected chi connectivity index (χ0v) is 12.4. The molecule has 2 saturated heterocycles. The van der Waals surface area contributed by atoms with E-state index in [9.17, 15) is 13.2 Å². The Morgan fingerprint density at radius 3 is 2.47 bits per heavy atom. The predicted molar refractivity (Wildman–Crippen MR) is 72.6 cm³/mol. The first-order valence-electron chi connectivity index (χ1n) is 6.93. The highest BCUT2D eigenvalue weighted by Gasteiger charge is 2.34. The van der Waals surface area contributed by atoms with Crippen LogP contribution in [-0.4, -0.2) is 44.3 Å². The van der Waals surface area contributed by atoms with Crippen molar-refractivity contribution in [2.75, 3.05) is 19.6 Å². The van der Waals surface area contributed by atoms with E-state index in [0.717, 1.165) is 12.8 Å². The third-order valence-corrected chi connectivity index (χ3v) is 5.31. The van der Waals surface area contributed by atoms with Gasteiger partial charge in [-0.25, -0.2) is 0 Å². The van der Waals surface area contributed by atoms with Gasteiger partial charge in [0.05, 0.1) is 0 Å². The predicted octanol–water partition coefficient (Wildman–Crippen LogP) is 0.0773. The van der Waals surface area contributed by atoms with Crippen LogP contribution in [0.25, 0.3) is 0 Å². The van der Waals surface area contributed by atoms with Crippen LogP contribution in [0.3, 0.4) is 0 Å². The maximum atomic E-state index is 12.3.